The van der Waals surface area contributed by atoms with Gasteiger partial charge in [-0.25, -0.2) is 0 Å². The van der Waals surface area contributed by atoms with Crippen LogP contribution in [0.15, 0.2) is 4.99 Å². The molecule has 0 saturated heterocycles. The van der Waals surface area contributed by atoms with Gasteiger partial charge in [0.2, 0.25) is 0 Å². The lowest BCUT2D eigenvalue weighted by molar-refractivity contribution is 0.365. The minimum atomic E-state index is 0.373. The first-order valence-electron chi connectivity index (χ1n) is 4.83. The normalized spacial score (nSPS) is 12.1. The zero-order chi connectivity index (χ0) is 11.0. The Balaban J connectivity index is 3.59. The zero-order valence-electron chi connectivity index (χ0n) is 9.52. The molecule has 0 fully saturated rings. The molecule has 80 valence electrons. The molecular formula is C10H20N4. The van der Waals surface area contributed by atoms with Gasteiger partial charge in [-0.2, -0.15) is 11.5 Å². The van der Waals surface area contributed by atoms with Crippen LogP contribution in [0.3, 0.4) is 0 Å². The number of guanidine groups is 1. The van der Waals surface area contributed by atoms with E-state index in [-0.39, 0.29) is 0 Å². The Morgan fingerprint density at radius 1 is 1.43 bits per heavy atom. The van der Waals surface area contributed by atoms with Crippen LogP contribution in [0.25, 0.3) is 4.95 Å². The van der Waals surface area contributed by atoms with E-state index >= 15 is 0 Å². The molecule has 0 unspecified atom stereocenters. The van der Waals surface area contributed by atoms with E-state index in [9.17, 15) is 0 Å². The van der Waals surface area contributed by atoms with Crippen molar-refractivity contribution in [1.29, 1.82) is 0 Å². The van der Waals surface area contributed by atoms with Crippen molar-refractivity contribution in [1.82, 2.24) is 10.7 Å². The largest absolute Gasteiger partial charge is 0.351 e. The second-order valence-electron chi connectivity index (χ2n) is 4.39. The molecule has 0 heterocycles. The van der Waals surface area contributed by atoms with Crippen LogP contribution in [-0.4, -0.2) is 19.6 Å². The summed E-state index contributed by atoms with van der Waals surface area (Å²) in [6.07, 6.45) is 2.25. The molecule has 2 N–H and O–H groups in total. The number of hydrogen-bond donors (Lipinski definition) is 2. The molecule has 4 nitrogen and oxygen atoms in total. The van der Waals surface area contributed by atoms with Gasteiger partial charge in [0.25, 0.3) is 5.96 Å². The van der Waals surface area contributed by atoms with E-state index in [1.165, 1.54) is 0 Å². The SMILES string of the molecule is [C-]#[N+]NC(=NC)NCCCC(C)(C)C. The molecule has 0 spiro atoms. The third-order valence-corrected chi connectivity index (χ3v) is 1.78. The maximum absolute atomic E-state index is 6.61. The van der Waals surface area contributed by atoms with Crippen LogP contribution >= 0.6 is 0 Å². The second kappa shape index (κ2) is 6.25. The molecule has 0 rings (SSSR count). The fourth-order valence-corrected chi connectivity index (χ4v) is 1.05. The predicted octanol–water partition coefficient (Wildman–Crippen LogP) is 1.81. The summed E-state index contributed by atoms with van der Waals surface area (Å²) in [6, 6.07) is 0. The number of aliphatic imine (C=N–C) groups is 1. The first kappa shape index (κ1) is 12.8. The van der Waals surface area contributed by atoms with E-state index in [1.54, 1.807) is 7.05 Å². The van der Waals surface area contributed by atoms with Gasteiger partial charge in [0.15, 0.2) is 0 Å². The Kier molecular flexibility index (Phi) is 5.70. The van der Waals surface area contributed by atoms with Gasteiger partial charge in [0, 0.05) is 13.6 Å². The Labute approximate surface area is 86.6 Å². The summed E-state index contributed by atoms with van der Waals surface area (Å²) in [5.74, 6) is 0.550. The van der Waals surface area contributed by atoms with Gasteiger partial charge in [0.05, 0.1) is 0 Å². The zero-order valence-corrected chi connectivity index (χ0v) is 9.52. The van der Waals surface area contributed by atoms with Crippen molar-refractivity contribution in [3.05, 3.63) is 11.5 Å². The molecule has 0 radical (unpaired) electrons. The fraction of sp³-hybridized carbons (Fsp3) is 0.800. The number of rotatable bonds is 3. The molecule has 0 atom stereocenters. The molecule has 0 aliphatic heterocycles. The molecule has 0 aromatic rings. The van der Waals surface area contributed by atoms with Gasteiger partial charge in [0.1, 0.15) is 0 Å². The molecule has 0 aromatic heterocycles. The topological polar surface area (TPSA) is 40.8 Å². The van der Waals surface area contributed by atoms with Crippen LogP contribution in [0.4, 0.5) is 0 Å². The summed E-state index contributed by atoms with van der Waals surface area (Å²) >= 11 is 0. The highest BCUT2D eigenvalue weighted by molar-refractivity contribution is 5.79. The maximum atomic E-state index is 6.61. The van der Waals surface area contributed by atoms with Crippen molar-refractivity contribution in [3.63, 3.8) is 0 Å². The van der Waals surface area contributed by atoms with E-state index in [1.807, 2.05) is 0 Å². The Hall–Kier alpha value is -1.24. The third-order valence-electron chi connectivity index (χ3n) is 1.78. The first-order chi connectivity index (χ1) is 6.49. The van der Waals surface area contributed by atoms with Crippen LogP contribution < -0.4 is 10.7 Å². The van der Waals surface area contributed by atoms with E-state index < -0.39 is 0 Å². The average Bonchev–Trinajstić information content (AvgIpc) is 2.08. The summed E-state index contributed by atoms with van der Waals surface area (Å²) in [6.45, 7) is 14.1. The van der Waals surface area contributed by atoms with Crippen molar-refractivity contribution in [3.8, 4) is 0 Å². The number of nitrogens with one attached hydrogen (secondary N) is 2. The quantitative estimate of drug-likeness (QED) is 0.238. The number of nitrogens with zero attached hydrogens (tertiary/aromatic N) is 2. The van der Waals surface area contributed by atoms with Crippen LogP contribution in [0.5, 0.6) is 0 Å². The minimum absolute atomic E-state index is 0.373. The summed E-state index contributed by atoms with van der Waals surface area (Å²) in [5, 5.41) is 3.07. The Morgan fingerprint density at radius 3 is 2.50 bits per heavy atom. The first-order valence-corrected chi connectivity index (χ1v) is 4.83. The Morgan fingerprint density at radius 2 is 2.07 bits per heavy atom. The van der Waals surface area contributed by atoms with Gasteiger partial charge >= 0.3 is 0 Å². The van der Waals surface area contributed by atoms with Gasteiger partial charge in [-0.3, -0.25) is 4.99 Å². The predicted molar refractivity (Wildman–Crippen MR) is 59.8 cm³/mol. The van der Waals surface area contributed by atoms with E-state index in [0.717, 1.165) is 19.4 Å². The van der Waals surface area contributed by atoms with Crippen LogP contribution in [0, 0.1) is 12.0 Å². The smallest absolute Gasteiger partial charge is 0.262 e. The molecule has 14 heavy (non-hydrogen) atoms. The summed E-state index contributed by atoms with van der Waals surface area (Å²) in [7, 11) is 1.66. The van der Waals surface area contributed by atoms with E-state index in [4.69, 9.17) is 6.57 Å². The van der Waals surface area contributed by atoms with E-state index in [2.05, 4.69) is 41.5 Å². The standard InChI is InChI=1S/C10H20N4/c1-10(2,3)7-6-8-13-9(11-4)14-12-5/h6-8H2,1-4H3,(H2,11,13,14). The Bertz CT molecular complexity index is 219. The fourth-order valence-electron chi connectivity index (χ4n) is 1.05. The molecule has 0 amide bonds. The number of hydrogen-bond acceptors (Lipinski definition) is 1. The highest BCUT2D eigenvalue weighted by atomic mass is 15.4. The monoisotopic (exact) mass is 196 g/mol. The van der Waals surface area contributed by atoms with Gasteiger partial charge in [-0.15, -0.1) is 0 Å². The molecule has 0 saturated carbocycles. The second-order valence-corrected chi connectivity index (χ2v) is 4.39. The summed E-state index contributed by atoms with van der Waals surface area (Å²) in [4.78, 5) is 6.93. The highest BCUT2D eigenvalue weighted by Gasteiger charge is 2.09. The lowest BCUT2D eigenvalue weighted by atomic mass is 9.91. The molecular weight excluding hydrogens is 176 g/mol. The van der Waals surface area contributed by atoms with Crippen LogP contribution in [0.1, 0.15) is 33.6 Å². The molecule has 0 aliphatic rings. The van der Waals surface area contributed by atoms with Crippen molar-refractivity contribution in [2.45, 2.75) is 33.6 Å². The molecule has 0 bridgehead atoms. The molecule has 0 aromatic carbocycles. The van der Waals surface area contributed by atoms with Crippen molar-refractivity contribution >= 4 is 5.96 Å². The average molecular weight is 196 g/mol. The third kappa shape index (κ3) is 7.41. The van der Waals surface area contributed by atoms with E-state index in [0.29, 0.717) is 11.4 Å². The van der Waals surface area contributed by atoms with Crippen molar-refractivity contribution in [2.24, 2.45) is 10.4 Å². The minimum Gasteiger partial charge on any atom is -0.351 e. The summed E-state index contributed by atoms with van der Waals surface area (Å²) in [5.41, 5.74) is 2.83. The van der Waals surface area contributed by atoms with Crippen molar-refractivity contribution < 1.29 is 0 Å². The van der Waals surface area contributed by atoms with Crippen molar-refractivity contribution in [2.75, 3.05) is 13.6 Å². The maximum Gasteiger partial charge on any atom is 0.262 e. The van der Waals surface area contributed by atoms with Crippen LogP contribution in [-0.2, 0) is 0 Å². The highest BCUT2D eigenvalue weighted by Crippen LogP contribution is 2.19. The molecule has 0 aliphatic carbocycles. The lowest BCUT2D eigenvalue weighted by Gasteiger charge is -2.17. The molecule has 4 heteroatoms. The summed E-state index contributed by atoms with van der Waals surface area (Å²) < 4.78 is 0. The van der Waals surface area contributed by atoms with Gasteiger partial charge in [-0.1, -0.05) is 26.2 Å². The van der Waals surface area contributed by atoms with Gasteiger partial charge in [-0.05, 0) is 18.3 Å². The van der Waals surface area contributed by atoms with Crippen LogP contribution in [0.2, 0.25) is 0 Å². The lowest BCUT2D eigenvalue weighted by Crippen LogP contribution is -2.34. The van der Waals surface area contributed by atoms with Gasteiger partial charge < -0.3 is 5.32 Å².